The first-order valence-electron chi connectivity index (χ1n) is 7.57. The molecule has 0 spiro atoms. The second-order valence-corrected chi connectivity index (χ2v) is 5.47. The zero-order valence-electron chi connectivity index (χ0n) is 12.9. The molecule has 1 aliphatic rings. The van der Waals surface area contributed by atoms with Gasteiger partial charge in [0.1, 0.15) is 17.5 Å². The number of nitrogens with one attached hydrogen (secondary N) is 1. The van der Waals surface area contributed by atoms with Crippen molar-refractivity contribution in [2.45, 2.75) is 32.6 Å². The zero-order valence-corrected chi connectivity index (χ0v) is 12.9. The predicted molar refractivity (Wildman–Crippen MR) is 82.4 cm³/mol. The minimum absolute atomic E-state index is 0.759. The molecular formula is C15H26N4O. The van der Waals surface area contributed by atoms with E-state index in [1.165, 1.54) is 12.8 Å². The Morgan fingerprint density at radius 1 is 1.40 bits per heavy atom. The quantitative estimate of drug-likeness (QED) is 0.703. The van der Waals surface area contributed by atoms with E-state index >= 15 is 0 Å². The number of rotatable bonds is 9. The van der Waals surface area contributed by atoms with Gasteiger partial charge in [-0.3, -0.25) is 0 Å². The molecule has 1 saturated carbocycles. The van der Waals surface area contributed by atoms with Crippen molar-refractivity contribution in [2.24, 2.45) is 5.92 Å². The highest BCUT2D eigenvalue weighted by Crippen LogP contribution is 2.28. The summed E-state index contributed by atoms with van der Waals surface area (Å²) in [6.45, 7) is 4.68. The molecule has 1 aromatic heterocycles. The molecular weight excluding hydrogens is 252 g/mol. The van der Waals surface area contributed by atoms with Crippen molar-refractivity contribution >= 4 is 11.6 Å². The molecule has 112 valence electrons. The number of nitrogens with zero attached hydrogens (tertiary/aromatic N) is 3. The van der Waals surface area contributed by atoms with Gasteiger partial charge in [0.2, 0.25) is 0 Å². The smallest absolute Gasteiger partial charge is 0.134 e. The van der Waals surface area contributed by atoms with Crippen LogP contribution in [0.2, 0.25) is 0 Å². The van der Waals surface area contributed by atoms with Crippen LogP contribution in [0.15, 0.2) is 6.07 Å². The van der Waals surface area contributed by atoms with E-state index in [1.807, 2.05) is 13.1 Å². The van der Waals surface area contributed by atoms with Crippen LogP contribution in [0.25, 0.3) is 0 Å². The Morgan fingerprint density at radius 3 is 2.85 bits per heavy atom. The lowest BCUT2D eigenvalue weighted by atomic mass is 10.3. The molecule has 0 amide bonds. The van der Waals surface area contributed by atoms with Crippen molar-refractivity contribution in [3.05, 3.63) is 11.9 Å². The van der Waals surface area contributed by atoms with E-state index in [-0.39, 0.29) is 0 Å². The van der Waals surface area contributed by atoms with Gasteiger partial charge in [0.05, 0.1) is 6.61 Å². The molecule has 1 aromatic rings. The first kappa shape index (κ1) is 15.0. The van der Waals surface area contributed by atoms with Gasteiger partial charge in [-0.05, 0) is 25.2 Å². The van der Waals surface area contributed by atoms with E-state index in [9.17, 15) is 0 Å². The number of hydrogen-bond donors (Lipinski definition) is 1. The van der Waals surface area contributed by atoms with Crippen molar-refractivity contribution in [3.8, 4) is 0 Å². The number of aromatic nitrogens is 2. The van der Waals surface area contributed by atoms with E-state index in [2.05, 4.69) is 34.2 Å². The molecule has 1 heterocycles. The molecule has 0 bridgehead atoms. The number of anilines is 2. The topological polar surface area (TPSA) is 50.3 Å². The number of hydrogen-bond acceptors (Lipinski definition) is 5. The van der Waals surface area contributed by atoms with Crippen LogP contribution < -0.4 is 10.2 Å². The van der Waals surface area contributed by atoms with Gasteiger partial charge in [0, 0.05) is 39.7 Å². The molecule has 0 aliphatic heterocycles. The number of ether oxygens (including phenoxy) is 1. The first-order valence-corrected chi connectivity index (χ1v) is 7.57. The third kappa shape index (κ3) is 4.63. The molecule has 0 saturated heterocycles. The summed E-state index contributed by atoms with van der Waals surface area (Å²) < 4.78 is 5.68. The normalized spacial score (nSPS) is 14.3. The highest BCUT2D eigenvalue weighted by atomic mass is 16.5. The average molecular weight is 278 g/mol. The Balaban J connectivity index is 1.88. The van der Waals surface area contributed by atoms with E-state index < -0.39 is 0 Å². The lowest BCUT2D eigenvalue weighted by molar-refractivity contribution is 0.131. The molecule has 2 rings (SSSR count). The lowest BCUT2D eigenvalue weighted by Crippen LogP contribution is -2.24. The van der Waals surface area contributed by atoms with Gasteiger partial charge in [-0.15, -0.1) is 0 Å². The first-order chi connectivity index (χ1) is 9.72. The molecule has 0 radical (unpaired) electrons. The highest BCUT2D eigenvalue weighted by molar-refractivity contribution is 5.48. The van der Waals surface area contributed by atoms with Crippen LogP contribution in [0, 0.1) is 5.92 Å². The molecule has 20 heavy (non-hydrogen) atoms. The van der Waals surface area contributed by atoms with E-state index in [4.69, 9.17) is 4.74 Å². The van der Waals surface area contributed by atoms with Gasteiger partial charge in [-0.1, -0.05) is 6.92 Å². The minimum atomic E-state index is 0.759. The predicted octanol–water partition coefficient (Wildman–Crippen LogP) is 2.33. The summed E-state index contributed by atoms with van der Waals surface area (Å²) >= 11 is 0. The Labute approximate surface area is 121 Å². The number of aryl methyl sites for hydroxylation is 1. The molecule has 1 fully saturated rings. The second-order valence-electron chi connectivity index (χ2n) is 5.47. The minimum Gasteiger partial charge on any atom is -0.379 e. The fourth-order valence-corrected chi connectivity index (χ4v) is 1.99. The summed E-state index contributed by atoms with van der Waals surface area (Å²) in [6.07, 6.45) is 4.65. The van der Waals surface area contributed by atoms with E-state index in [0.717, 1.165) is 56.0 Å². The van der Waals surface area contributed by atoms with Crippen LogP contribution in [0.3, 0.4) is 0 Å². The van der Waals surface area contributed by atoms with Gasteiger partial charge in [-0.2, -0.15) is 0 Å². The Hall–Kier alpha value is -1.36. The molecule has 0 atom stereocenters. The zero-order chi connectivity index (χ0) is 14.4. The summed E-state index contributed by atoms with van der Waals surface area (Å²) in [7, 11) is 3.94. The van der Waals surface area contributed by atoms with Gasteiger partial charge in [0.15, 0.2) is 0 Å². The van der Waals surface area contributed by atoms with Crippen molar-refractivity contribution in [1.29, 1.82) is 0 Å². The van der Waals surface area contributed by atoms with Crippen LogP contribution in [0.1, 0.15) is 32.0 Å². The van der Waals surface area contributed by atoms with Crippen molar-refractivity contribution in [3.63, 3.8) is 0 Å². The Bertz CT molecular complexity index is 420. The third-order valence-electron chi connectivity index (χ3n) is 3.50. The van der Waals surface area contributed by atoms with Crippen LogP contribution in [0.5, 0.6) is 0 Å². The molecule has 0 unspecified atom stereocenters. The fraction of sp³-hybridized carbons (Fsp3) is 0.733. The van der Waals surface area contributed by atoms with Gasteiger partial charge in [0.25, 0.3) is 0 Å². The standard InChI is InChI=1S/C15H26N4O/c1-4-5-13-17-14(16-2)10-15(18-13)19(3)8-9-20-11-12-6-7-12/h10,12H,4-9,11H2,1-3H3,(H,16,17,18). The maximum Gasteiger partial charge on any atom is 0.134 e. The van der Waals surface area contributed by atoms with E-state index in [1.54, 1.807) is 0 Å². The largest absolute Gasteiger partial charge is 0.379 e. The average Bonchev–Trinajstić information content (AvgIpc) is 3.27. The molecule has 1 N–H and O–H groups in total. The van der Waals surface area contributed by atoms with Gasteiger partial charge < -0.3 is 15.0 Å². The molecule has 1 aliphatic carbocycles. The lowest BCUT2D eigenvalue weighted by Gasteiger charge is -2.19. The maximum absolute atomic E-state index is 5.68. The van der Waals surface area contributed by atoms with Gasteiger partial charge in [-0.25, -0.2) is 9.97 Å². The monoisotopic (exact) mass is 278 g/mol. The summed E-state index contributed by atoms with van der Waals surface area (Å²) in [5.41, 5.74) is 0. The summed E-state index contributed by atoms with van der Waals surface area (Å²) in [6, 6.07) is 1.99. The van der Waals surface area contributed by atoms with Crippen LogP contribution in [0.4, 0.5) is 11.6 Å². The third-order valence-corrected chi connectivity index (χ3v) is 3.50. The fourth-order valence-electron chi connectivity index (χ4n) is 1.99. The van der Waals surface area contributed by atoms with Crippen molar-refractivity contribution in [1.82, 2.24) is 9.97 Å². The van der Waals surface area contributed by atoms with Crippen molar-refractivity contribution in [2.75, 3.05) is 44.1 Å². The van der Waals surface area contributed by atoms with E-state index in [0.29, 0.717) is 0 Å². The van der Waals surface area contributed by atoms with Crippen LogP contribution >= 0.6 is 0 Å². The molecule has 5 heteroatoms. The molecule has 0 aromatic carbocycles. The summed E-state index contributed by atoms with van der Waals surface area (Å²) in [5, 5.41) is 3.10. The Morgan fingerprint density at radius 2 is 2.20 bits per heavy atom. The van der Waals surface area contributed by atoms with Crippen LogP contribution in [-0.2, 0) is 11.2 Å². The SMILES string of the molecule is CCCc1nc(NC)cc(N(C)CCOCC2CC2)n1. The molecule has 5 nitrogen and oxygen atoms in total. The summed E-state index contributed by atoms with van der Waals surface area (Å²) in [4.78, 5) is 11.2. The van der Waals surface area contributed by atoms with Gasteiger partial charge >= 0.3 is 0 Å². The van der Waals surface area contributed by atoms with Crippen molar-refractivity contribution < 1.29 is 4.74 Å². The Kier molecular flexibility index (Phi) is 5.59. The number of likely N-dealkylation sites (N-methyl/N-ethyl adjacent to an activating group) is 1. The second kappa shape index (κ2) is 7.43. The maximum atomic E-state index is 5.68. The highest BCUT2D eigenvalue weighted by Gasteiger charge is 2.21. The summed E-state index contributed by atoms with van der Waals surface area (Å²) in [5.74, 6) is 3.57. The van der Waals surface area contributed by atoms with Crippen LogP contribution in [-0.4, -0.2) is 43.8 Å².